The predicted molar refractivity (Wildman–Crippen MR) is 138 cm³/mol. The molecule has 37 heavy (non-hydrogen) atoms. The minimum Gasteiger partial charge on any atom is -0.329 e. The molecule has 0 saturated heterocycles. The monoisotopic (exact) mass is 534 g/mol. The van der Waals surface area contributed by atoms with E-state index < -0.39 is 23.6 Å². The van der Waals surface area contributed by atoms with Crippen LogP contribution in [0, 0.1) is 0 Å². The molecule has 0 aliphatic carbocycles. The molecular formula is C27H30ClF3N4O2. The number of nitrogens with one attached hydrogen (secondary N) is 1. The number of alkyl halides is 3. The van der Waals surface area contributed by atoms with Crippen LogP contribution in [0.15, 0.2) is 54.6 Å². The van der Waals surface area contributed by atoms with Gasteiger partial charge in [-0.1, -0.05) is 57.8 Å². The maximum Gasteiger partial charge on any atom is 0.416 e. The van der Waals surface area contributed by atoms with Crippen LogP contribution < -0.4 is 5.32 Å². The maximum atomic E-state index is 13.1. The van der Waals surface area contributed by atoms with E-state index in [0.29, 0.717) is 22.9 Å². The van der Waals surface area contributed by atoms with Gasteiger partial charge in [-0.15, -0.1) is 0 Å². The highest BCUT2D eigenvalue weighted by Crippen LogP contribution is 2.30. The van der Waals surface area contributed by atoms with Crippen LogP contribution in [0.3, 0.4) is 0 Å². The van der Waals surface area contributed by atoms with E-state index in [0.717, 1.165) is 36.4 Å². The molecule has 3 rings (SSSR count). The first-order valence-electron chi connectivity index (χ1n) is 11.9. The Hall–Kier alpha value is -3.33. The Bertz CT molecular complexity index is 1250. The summed E-state index contributed by atoms with van der Waals surface area (Å²) in [6, 6.07) is 12.8. The fraction of sp³-hybridized carbons (Fsp3) is 0.370. The molecule has 0 aliphatic heterocycles. The molecule has 0 aliphatic rings. The molecule has 2 aromatic carbocycles. The van der Waals surface area contributed by atoms with Gasteiger partial charge < -0.3 is 10.2 Å². The number of nitrogens with zero attached hydrogens (tertiary/aromatic N) is 3. The minimum absolute atomic E-state index is 0.0769. The third-order valence-corrected chi connectivity index (χ3v) is 6.01. The molecule has 198 valence electrons. The van der Waals surface area contributed by atoms with E-state index in [2.05, 4.69) is 10.4 Å². The Morgan fingerprint density at radius 1 is 1.05 bits per heavy atom. The fourth-order valence-corrected chi connectivity index (χ4v) is 3.80. The van der Waals surface area contributed by atoms with Crippen LogP contribution in [-0.2, 0) is 16.4 Å². The second-order valence-electron chi connectivity index (χ2n) is 9.73. The zero-order valence-electron chi connectivity index (χ0n) is 21.2. The van der Waals surface area contributed by atoms with E-state index in [4.69, 9.17) is 11.6 Å². The van der Waals surface area contributed by atoms with Crippen molar-refractivity contribution in [3.8, 4) is 5.69 Å². The molecule has 10 heteroatoms. The molecule has 1 N–H and O–H groups in total. The van der Waals surface area contributed by atoms with Gasteiger partial charge in [0.2, 0.25) is 5.91 Å². The molecule has 1 heterocycles. The fourth-order valence-electron chi connectivity index (χ4n) is 3.59. The summed E-state index contributed by atoms with van der Waals surface area (Å²) in [5.41, 5.74) is 0.236. The van der Waals surface area contributed by atoms with Crippen molar-refractivity contribution in [1.82, 2.24) is 14.7 Å². The average molecular weight is 535 g/mol. The number of carbonyl (C=O) groups excluding carboxylic acids is 2. The molecule has 0 radical (unpaired) electrons. The molecule has 0 unspecified atom stereocenters. The second kappa shape index (κ2) is 11.4. The SMILES string of the molecule is CCCCN(CC(=O)Nc1cc(C(C)(C)C)nn1-c1ccccc1Cl)C(=O)c1ccc(C(F)(F)F)cc1. The smallest absolute Gasteiger partial charge is 0.329 e. The molecule has 2 amide bonds. The second-order valence-corrected chi connectivity index (χ2v) is 10.1. The standard InChI is InChI=1S/C27H30ClF3N4O2/c1-5-6-15-34(25(37)18-11-13-19(14-12-18)27(29,30)31)17-24(36)32-23-16-22(26(2,3)4)33-35(23)21-10-8-7-9-20(21)28/h7-14,16H,5-6,15,17H2,1-4H3,(H,32,36). The Balaban J connectivity index is 1.85. The van der Waals surface area contributed by atoms with E-state index in [9.17, 15) is 22.8 Å². The molecule has 0 bridgehead atoms. The van der Waals surface area contributed by atoms with E-state index >= 15 is 0 Å². The number of hydrogen-bond donors (Lipinski definition) is 1. The van der Waals surface area contributed by atoms with Gasteiger partial charge in [-0.2, -0.15) is 18.3 Å². The van der Waals surface area contributed by atoms with Gasteiger partial charge in [-0.05, 0) is 42.8 Å². The van der Waals surface area contributed by atoms with Crippen molar-refractivity contribution in [2.45, 2.75) is 52.1 Å². The molecule has 6 nitrogen and oxygen atoms in total. The van der Waals surface area contributed by atoms with Gasteiger partial charge in [0.1, 0.15) is 12.4 Å². The zero-order valence-corrected chi connectivity index (χ0v) is 22.0. The van der Waals surface area contributed by atoms with Crippen molar-refractivity contribution in [2.24, 2.45) is 0 Å². The number of para-hydroxylation sites is 1. The van der Waals surface area contributed by atoms with Gasteiger partial charge >= 0.3 is 6.18 Å². The van der Waals surface area contributed by atoms with Crippen molar-refractivity contribution in [3.05, 3.63) is 76.4 Å². The van der Waals surface area contributed by atoms with Gasteiger partial charge in [-0.25, -0.2) is 4.68 Å². The van der Waals surface area contributed by atoms with Crippen LogP contribution in [0.2, 0.25) is 5.02 Å². The Morgan fingerprint density at radius 3 is 2.27 bits per heavy atom. The quantitative estimate of drug-likeness (QED) is 0.349. The van der Waals surface area contributed by atoms with Crippen LogP contribution in [-0.4, -0.2) is 39.6 Å². The normalized spacial score (nSPS) is 11.9. The van der Waals surface area contributed by atoms with E-state index in [1.807, 2.05) is 27.7 Å². The average Bonchev–Trinajstić information content (AvgIpc) is 3.25. The first kappa shape index (κ1) is 28.2. The first-order chi connectivity index (χ1) is 17.3. The molecule has 3 aromatic rings. The van der Waals surface area contributed by atoms with Crippen LogP contribution in [0.5, 0.6) is 0 Å². The number of hydrogen-bond acceptors (Lipinski definition) is 3. The predicted octanol–water partition coefficient (Wildman–Crippen LogP) is 6.72. The number of unbranched alkanes of at least 4 members (excludes halogenated alkanes) is 1. The highest BCUT2D eigenvalue weighted by atomic mass is 35.5. The number of aromatic nitrogens is 2. The van der Waals surface area contributed by atoms with Gasteiger partial charge in [-0.3, -0.25) is 9.59 Å². The summed E-state index contributed by atoms with van der Waals surface area (Å²) in [5, 5.41) is 7.93. The van der Waals surface area contributed by atoms with Crippen LogP contribution in [0.25, 0.3) is 5.69 Å². The summed E-state index contributed by atoms with van der Waals surface area (Å²) >= 11 is 6.38. The van der Waals surface area contributed by atoms with Gasteiger partial charge in [0.05, 0.1) is 22.0 Å². The highest BCUT2D eigenvalue weighted by molar-refractivity contribution is 6.32. The summed E-state index contributed by atoms with van der Waals surface area (Å²) in [6.45, 7) is 7.92. The largest absolute Gasteiger partial charge is 0.416 e. The number of anilines is 1. The highest BCUT2D eigenvalue weighted by Gasteiger charge is 2.30. The molecule has 1 aromatic heterocycles. The third-order valence-electron chi connectivity index (χ3n) is 5.69. The van der Waals surface area contributed by atoms with E-state index in [1.54, 1.807) is 35.0 Å². The molecular weight excluding hydrogens is 505 g/mol. The minimum atomic E-state index is -4.50. The summed E-state index contributed by atoms with van der Waals surface area (Å²) in [4.78, 5) is 27.5. The third kappa shape index (κ3) is 7.13. The molecule has 0 spiro atoms. The van der Waals surface area contributed by atoms with Crippen LogP contribution in [0.1, 0.15) is 62.2 Å². The van der Waals surface area contributed by atoms with Crippen molar-refractivity contribution in [1.29, 1.82) is 0 Å². The Morgan fingerprint density at radius 2 is 1.70 bits per heavy atom. The first-order valence-corrected chi connectivity index (χ1v) is 12.3. The topological polar surface area (TPSA) is 67.2 Å². The summed E-state index contributed by atoms with van der Waals surface area (Å²) < 4.78 is 40.3. The van der Waals surface area contributed by atoms with Crippen molar-refractivity contribution < 1.29 is 22.8 Å². The van der Waals surface area contributed by atoms with Crippen molar-refractivity contribution >= 4 is 29.2 Å². The molecule has 0 atom stereocenters. The number of benzene rings is 2. The summed E-state index contributed by atoms with van der Waals surface area (Å²) in [6.07, 6.45) is -3.10. The summed E-state index contributed by atoms with van der Waals surface area (Å²) in [5.74, 6) is -0.599. The number of carbonyl (C=O) groups is 2. The van der Waals surface area contributed by atoms with Crippen LogP contribution in [0.4, 0.5) is 19.0 Å². The lowest BCUT2D eigenvalue weighted by Gasteiger charge is -2.22. The Kier molecular flexibility index (Phi) is 8.68. The molecule has 0 fully saturated rings. The summed E-state index contributed by atoms with van der Waals surface area (Å²) in [7, 11) is 0. The van der Waals surface area contributed by atoms with Crippen molar-refractivity contribution in [2.75, 3.05) is 18.4 Å². The van der Waals surface area contributed by atoms with Gasteiger partial charge in [0.25, 0.3) is 5.91 Å². The van der Waals surface area contributed by atoms with Gasteiger partial charge in [0, 0.05) is 23.6 Å². The lowest BCUT2D eigenvalue weighted by molar-refractivity contribution is -0.137. The lowest BCUT2D eigenvalue weighted by Crippen LogP contribution is -2.39. The van der Waals surface area contributed by atoms with E-state index in [1.165, 1.54) is 4.90 Å². The maximum absolute atomic E-state index is 13.1. The number of amides is 2. The number of halogens is 4. The van der Waals surface area contributed by atoms with Crippen molar-refractivity contribution in [3.63, 3.8) is 0 Å². The number of rotatable bonds is 8. The molecule has 0 saturated carbocycles. The zero-order chi connectivity index (χ0) is 27.4. The Labute approximate surface area is 219 Å². The van der Waals surface area contributed by atoms with Gasteiger partial charge in [0.15, 0.2) is 0 Å². The van der Waals surface area contributed by atoms with E-state index in [-0.39, 0.29) is 24.1 Å². The lowest BCUT2D eigenvalue weighted by atomic mass is 9.92. The van der Waals surface area contributed by atoms with Crippen LogP contribution >= 0.6 is 11.6 Å².